The van der Waals surface area contributed by atoms with E-state index in [1.165, 1.54) is 12.0 Å². The summed E-state index contributed by atoms with van der Waals surface area (Å²) in [5.74, 6) is 0. The number of hydrogen-bond acceptors (Lipinski definition) is 4. The summed E-state index contributed by atoms with van der Waals surface area (Å²) in [6.07, 6.45) is 5.11. The van der Waals surface area contributed by atoms with Crippen LogP contribution in [0.5, 0.6) is 0 Å². The van der Waals surface area contributed by atoms with Crippen molar-refractivity contribution in [2.45, 2.75) is 40.0 Å². The van der Waals surface area contributed by atoms with Crippen molar-refractivity contribution in [1.82, 2.24) is 19.7 Å². The molecule has 2 aromatic carbocycles. The van der Waals surface area contributed by atoms with Crippen molar-refractivity contribution in [1.29, 1.82) is 0 Å². The van der Waals surface area contributed by atoms with Crippen LogP contribution >= 0.6 is 0 Å². The van der Waals surface area contributed by atoms with Crippen LogP contribution in [-0.2, 0) is 0 Å². The van der Waals surface area contributed by atoms with Gasteiger partial charge in [-0.2, -0.15) is 0 Å². The number of rotatable bonds is 4. The molecule has 3 N–H and O–H groups in total. The Morgan fingerprint density at radius 2 is 1.64 bits per heavy atom. The van der Waals surface area contributed by atoms with Crippen LogP contribution in [0.1, 0.15) is 41.6 Å². The first kappa shape index (κ1) is 21.1. The summed E-state index contributed by atoms with van der Waals surface area (Å²) in [5, 5.41) is 3.17. The fraction of sp³-hybridized carbons (Fsp3) is 0.320. The summed E-state index contributed by atoms with van der Waals surface area (Å²) in [6.45, 7) is 7.86. The molecule has 1 aliphatic heterocycles. The number of aryl methyl sites for hydroxylation is 3. The molecule has 0 amide bonds. The van der Waals surface area contributed by atoms with Crippen molar-refractivity contribution in [3.8, 4) is 5.69 Å². The molecule has 33 heavy (non-hydrogen) atoms. The lowest BCUT2D eigenvalue weighted by atomic mass is 10.1. The van der Waals surface area contributed by atoms with Gasteiger partial charge in [-0.25, -0.2) is 9.48 Å². The number of nitrogens with zero attached hydrogens (tertiary/aromatic N) is 3. The highest BCUT2D eigenvalue weighted by Gasteiger charge is 2.17. The SMILES string of the molecule is Cc1ccc(-n2[nH]c(C)c(C=Nc3cc4[nH]c(=O)[nH]c4cc3N3CCCCC3)c2=O)cc1C. The molecule has 4 aromatic rings. The Morgan fingerprint density at radius 1 is 0.909 bits per heavy atom. The summed E-state index contributed by atoms with van der Waals surface area (Å²) in [7, 11) is 0. The number of imidazole rings is 1. The minimum absolute atomic E-state index is 0.143. The summed E-state index contributed by atoms with van der Waals surface area (Å²) < 4.78 is 1.56. The lowest BCUT2D eigenvalue weighted by Gasteiger charge is -2.29. The number of aromatic nitrogens is 4. The van der Waals surface area contributed by atoms with Crippen LogP contribution in [0, 0.1) is 20.8 Å². The Morgan fingerprint density at radius 3 is 2.36 bits per heavy atom. The molecule has 0 aliphatic carbocycles. The molecule has 5 rings (SSSR count). The number of piperidine rings is 1. The largest absolute Gasteiger partial charge is 0.370 e. The zero-order chi connectivity index (χ0) is 23.1. The van der Waals surface area contributed by atoms with E-state index < -0.39 is 0 Å². The van der Waals surface area contributed by atoms with Crippen LogP contribution in [0.3, 0.4) is 0 Å². The van der Waals surface area contributed by atoms with Gasteiger partial charge in [0.05, 0.1) is 33.7 Å². The minimum Gasteiger partial charge on any atom is -0.370 e. The molecule has 0 spiro atoms. The molecule has 8 heteroatoms. The average molecular weight is 445 g/mol. The van der Waals surface area contributed by atoms with Crippen LogP contribution in [0.15, 0.2) is 44.9 Å². The second-order valence-corrected chi connectivity index (χ2v) is 8.83. The van der Waals surface area contributed by atoms with Crippen molar-refractivity contribution in [3.63, 3.8) is 0 Å². The summed E-state index contributed by atoms with van der Waals surface area (Å²) in [5.41, 5.74) is 7.14. The van der Waals surface area contributed by atoms with Crippen molar-refractivity contribution < 1.29 is 0 Å². The molecule has 170 valence electrons. The normalized spacial score (nSPS) is 14.6. The molecular formula is C25H28N6O2. The third-order valence-electron chi connectivity index (χ3n) is 6.51. The quantitative estimate of drug-likeness (QED) is 0.415. The van der Waals surface area contributed by atoms with Crippen molar-refractivity contribution >= 4 is 28.6 Å². The van der Waals surface area contributed by atoms with Gasteiger partial charge in [0.25, 0.3) is 5.56 Å². The van der Waals surface area contributed by atoms with Gasteiger partial charge in [-0.15, -0.1) is 0 Å². The zero-order valence-corrected chi connectivity index (χ0v) is 19.2. The van der Waals surface area contributed by atoms with Crippen LogP contribution in [-0.4, -0.2) is 39.1 Å². The van der Waals surface area contributed by atoms with Gasteiger partial charge < -0.3 is 14.9 Å². The summed E-state index contributed by atoms with van der Waals surface area (Å²) in [6, 6.07) is 9.79. The average Bonchev–Trinajstić information content (AvgIpc) is 3.31. The Hall–Kier alpha value is -3.81. The van der Waals surface area contributed by atoms with Gasteiger partial charge >= 0.3 is 5.69 Å². The van der Waals surface area contributed by atoms with E-state index in [-0.39, 0.29) is 11.2 Å². The van der Waals surface area contributed by atoms with Gasteiger partial charge in [0.2, 0.25) is 0 Å². The lowest BCUT2D eigenvalue weighted by molar-refractivity contribution is 0.578. The first-order valence-electron chi connectivity index (χ1n) is 11.3. The van der Waals surface area contributed by atoms with Crippen LogP contribution in [0.25, 0.3) is 16.7 Å². The fourth-order valence-corrected chi connectivity index (χ4v) is 4.44. The second kappa shape index (κ2) is 8.27. The van der Waals surface area contributed by atoms with E-state index in [1.54, 1.807) is 10.9 Å². The van der Waals surface area contributed by atoms with E-state index in [9.17, 15) is 9.59 Å². The highest BCUT2D eigenvalue weighted by molar-refractivity contribution is 5.91. The van der Waals surface area contributed by atoms with Crippen molar-refractivity contribution in [2.75, 3.05) is 18.0 Å². The Kier molecular flexibility index (Phi) is 5.28. The number of aromatic amines is 3. The molecule has 0 radical (unpaired) electrons. The van der Waals surface area contributed by atoms with Crippen molar-refractivity contribution in [2.24, 2.45) is 4.99 Å². The number of fused-ring (bicyclic) bond motifs is 1. The van der Waals surface area contributed by atoms with E-state index in [2.05, 4.69) is 26.9 Å². The van der Waals surface area contributed by atoms with Gasteiger partial charge in [-0.05, 0) is 75.4 Å². The topological polar surface area (TPSA) is 102 Å². The summed E-state index contributed by atoms with van der Waals surface area (Å²) in [4.78, 5) is 37.7. The molecule has 0 saturated carbocycles. The van der Waals surface area contributed by atoms with Crippen molar-refractivity contribution in [3.05, 3.63) is 73.6 Å². The van der Waals surface area contributed by atoms with E-state index in [0.717, 1.165) is 59.8 Å². The van der Waals surface area contributed by atoms with E-state index in [0.29, 0.717) is 11.1 Å². The first-order chi connectivity index (χ1) is 15.9. The zero-order valence-electron chi connectivity index (χ0n) is 19.2. The molecule has 0 unspecified atom stereocenters. The van der Waals surface area contributed by atoms with Gasteiger partial charge in [-0.3, -0.25) is 14.9 Å². The van der Waals surface area contributed by atoms with Gasteiger partial charge in [0.15, 0.2) is 0 Å². The summed E-state index contributed by atoms with van der Waals surface area (Å²) >= 11 is 0. The van der Waals surface area contributed by atoms with Crippen LogP contribution in [0.2, 0.25) is 0 Å². The maximum Gasteiger partial charge on any atom is 0.323 e. The standard InChI is InChI=1S/C25H28N6O2/c1-15-7-8-18(11-16(15)2)31-24(32)19(17(3)29-31)14-26-22-12-20-21(28-25(33)27-20)13-23(22)30-9-5-4-6-10-30/h7-8,11-14,29H,4-6,9-10H2,1-3H3,(H2,27,28,33). The van der Waals surface area contributed by atoms with Gasteiger partial charge in [-0.1, -0.05) is 6.07 Å². The molecule has 8 nitrogen and oxygen atoms in total. The smallest absolute Gasteiger partial charge is 0.323 e. The van der Waals surface area contributed by atoms with E-state index in [4.69, 9.17) is 4.99 Å². The van der Waals surface area contributed by atoms with Gasteiger partial charge in [0.1, 0.15) is 0 Å². The monoisotopic (exact) mass is 444 g/mol. The van der Waals surface area contributed by atoms with Gasteiger partial charge in [0, 0.05) is 25.0 Å². The number of aliphatic imine (C=N–C) groups is 1. The number of benzene rings is 2. The Labute approximate surface area is 191 Å². The molecule has 1 aliphatic rings. The highest BCUT2D eigenvalue weighted by Crippen LogP contribution is 2.33. The van der Waals surface area contributed by atoms with Crippen LogP contribution < -0.4 is 16.1 Å². The maximum absolute atomic E-state index is 13.2. The molecule has 0 atom stereocenters. The lowest BCUT2D eigenvalue weighted by Crippen LogP contribution is -2.29. The second-order valence-electron chi connectivity index (χ2n) is 8.83. The number of nitrogens with one attached hydrogen (secondary N) is 3. The molecule has 0 bridgehead atoms. The third kappa shape index (κ3) is 3.92. The molecule has 2 aromatic heterocycles. The number of H-pyrrole nitrogens is 3. The molecular weight excluding hydrogens is 416 g/mol. The number of anilines is 1. The third-order valence-corrected chi connectivity index (χ3v) is 6.51. The number of hydrogen-bond donors (Lipinski definition) is 3. The molecule has 1 saturated heterocycles. The fourth-order valence-electron chi connectivity index (χ4n) is 4.44. The van der Waals surface area contributed by atoms with Crippen LogP contribution in [0.4, 0.5) is 11.4 Å². The maximum atomic E-state index is 13.2. The van der Waals surface area contributed by atoms with E-state index in [1.807, 2.05) is 44.2 Å². The Bertz CT molecular complexity index is 1480. The molecule has 1 fully saturated rings. The minimum atomic E-state index is -0.242. The first-order valence-corrected chi connectivity index (χ1v) is 11.3. The molecule has 3 heterocycles. The predicted octanol–water partition coefficient (Wildman–Crippen LogP) is 4.00. The predicted molar refractivity (Wildman–Crippen MR) is 133 cm³/mol. The Balaban J connectivity index is 1.57. The highest BCUT2D eigenvalue weighted by atomic mass is 16.1. The van der Waals surface area contributed by atoms with E-state index >= 15 is 0 Å².